The summed E-state index contributed by atoms with van der Waals surface area (Å²) in [5.74, 6) is 0.423. The second-order valence-electron chi connectivity index (χ2n) is 10.4. The minimum absolute atomic E-state index is 0.00629. The molecule has 0 radical (unpaired) electrons. The van der Waals surface area contributed by atoms with Crippen molar-refractivity contribution in [2.24, 2.45) is 4.99 Å². The maximum absolute atomic E-state index is 14.0. The largest absolute Gasteiger partial charge is 0.493 e. The third-order valence-electron chi connectivity index (χ3n) is 7.27. The molecule has 1 unspecified atom stereocenters. The number of carbonyl (C=O) groups is 1. The summed E-state index contributed by atoms with van der Waals surface area (Å²) in [6.45, 7) is 3.88. The zero-order chi connectivity index (χ0) is 32.2. The first-order chi connectivity index (χ1) is 21.6. The Hall–Kier alpha value is -5.23. The van der Waals surface area contributed by atoms with Crippen LogP contribution in [0.2, 0.25) is 0 Å². The Morgan fingerprint density at radius 1 is 1.09 bits per heavy atom. The molecular formula is C33H32N4O7S. The first-order valence-electron chi connectivity index (χ1n) is 14.1. The number of nitro groups is 1. The summed E-state index contributed by atoms with van der Waals surface area (Å²) in [6.07, 6.45) is 1.75. The molecule has 1 aliphatic rings. The van der Waals surface area contributed by atoms with Gasteiger partial charge in [0.2, 0.25) is 0 Å². The van der Waals surface area contributed by atoms with Gasteiger partial charge in [0.15, 0.2) is 16.3 Å². The molecule has 45 heavy (non-hydrogen) atoms. The summed E-state index contributed by atoms with van der Waals surface area (Å²) in [7, 11) is 5.41. The Morgan fingerprint density at radius 2 is 1.80 bits per heavy atom. The smallest absolute Gasteiger partial charge is 0.338 e. The molecule has 0 saturated heterocycles. The lowest BCUT2D eigenvalue weighted by Crippen LogP contribution is -2.39. The minimum atomic E-state index is -0.705. The number of allylic oxidation sites excluding steroid dienone is 1. The molecule has 5 rings (SSSR count). The van der Waals surface area contributed by atoms with Crippen LogP contribution in [0.5, 0.6) is 11.5 Å². The van der Waals surface area contributed by atoms with E-state index >= 15 is 0 Å². The van der Waals surface area contributed by atoms with Crippen molar-refractivity contribution in [3.63, 3.8) is 0 Å². The molecule has 1 aromatic heterocycles. The number of hydrogen-bond donors (Lipinski definition) is 0. The Kier molecular flexibility index (Phi) is 9.14. The SMILES string of the molecule is CCOC(=O)C1=C(C)N=c2sc(=Cc3ccc(OCc4ccc([N+](=O)[O-])cc4)c(OC)c3)c(=O)n2C1c1ccc(N(C)C)cc1. The predicted molar refractivity (Wildman–Crippen MR) is 172 cm³/mol. The number of fused-ring (bicyclic) bond motifs is 1. The van der Waals surface area contributed by atoms with Crippen LogP contribution in [0.15, 0.2) is 87.8 Å². The second kappa shape index (κ2) is 13.2. The zero-order valence-electron chi connectivity index (χ0n) is 25.5. The Morgan fingerprint density at radius 3 is 2.42 bits per heavy atom. The molecule has 11 nitrogen and oxygen atoms in total. The molecule has 12 heteroatoms. The molecular weight excluding hydrogens is 596 g/mol. The zero-order valence-corrected chi connectivity index (χ0v) is 26.3. The number of hydrogen-bond acceptors (Lipinski definition) is 10. The van der Waals surface area contributed by atoms with Gasteiger partial charge in [-0.25, -0.2) is 9.79 Å². The van der Waals surface area contributed by atoms with Crippen LogP contribution >= 0.6 is 11.3 Å². The summed E-state index contributed by atoms with van der Waals surface area (Å²) in [5, 5.41) is 10.9. The normalized spacial score (nSPS) is 14.4. The molecule has 4 aromatic rings. The number of non-ortho nitro benzene ring substituents is 1. The van der Waals surface area contributed by atoms with E-state index in [-0.39, 0.29) is 24.5 Å². The van der Waals surface area contributed by atoms with Gasteiger partial charge in [0, 0.05) is 31.9 Å². The topological polar surface area (TPSA) is 126 Å². The van der Waals surface area contributed by atoms with E-state index in [0.29, 0.717) is 37.7 Å². The van der Waals surface area contributed by atoms with Crippen LogP contribution in [0.3, 0.4) is 0 Å². The van der Waals surface area contributed by atoms with Crippen LogP contribution in [0.1, 0.15) is 36.6 Å². The number of benzene rings is 3. The molecule has 3 aromatic carbocycles. The molecule has 0 aliphatic carbocycles. The lowest BCUT2D eigenvalue weighted by molar-refractivity contribution is -0.384. The van der Waals surface area contributed by atoms with Crippen LogP contribution in [-0.4, -0.2) is 43.3 Å². The number of methoxy groups -OCH3 is 1. The Labute approximate surface area is 263 Å². The maximum Gasteiger partial charge on any atom is 0.338 e. The van der Waals surface area contributed by atoms with Crippen LogP contribution in [0.4, 0.5) is 11.4 Å². The number of anilines is 1. The summed E-state index contributed by atoms with van der Waals surface area (Å²) in [4.78, 5) is 44.7. The minimum Gasteiger partial charge on any atom is -0.493 e. The van der Waals surface area contributed by atoms with Gasteiger partial charge in [-0.2, -0.15) is 0 Å². The molecule has 0 bridgehead atoms. The number of carbonyl (C=O) groups excluding carboxylic acids is 1. The van der Waals surface area contributed by atoms with Crippen molar-refractivity contribution in [1.29, 1.82) is 0 Å². The number of nitro benzene ring substituents is 1. The van der Waals surface area contributed by atoms with E-state index in [9.17, 15) is 19.7 Å². The predicted octanol–water partition coefficient (Wildman–Crippen LogP) is 4.36. The number of ether oxygens (including phenoxy) is 3. The fourth-order valence-corrected chi connectivity index (χ4v) is 6.03. The highest BCUT2D eigenvalue weighted by atomic mass is 32.1. The summed E-state index contributed by atoms with van der Waals surface area (Å²) in [6, 6.07) is 18.4. The van der Waals surface area contributed by atoms with E-state index in [1.54, 1.807) is 54.8 Å². The average Bonchev–Trinajstić information content (AvgIpc) is 3.33. The van der Waals surface area contributed by atoms with Gasteiger partial charge >= 0.3 is 5.97 Å². The van der Waals surface area contributed by atoms with Gasteiger partial charge < -0.3 is 19.1 Å². The van der Waals surface area contributed by atoms with Gasteiger partial charge in [-0.3, -0.25) is 19.5 Å². The van der Waals surface area contributed by atoms with Crippen molar-refractivity contribution in [2.45, 2.75) is 26.5 Å². The number of nitrogens with zero attached hydrogens (tertiary/aromatic N) is 4. The summed E-state index contributed by atoms with van der Waals surface area (Å²) in [5.41, 5.74) is 3.76. The molecule has 2 heterocycles. The van der Waals surface area contributed by atoms with E-state index in [2.05, 4.69) is 4.99 Å². The van der Waals surface area contributed by atoms with Crippen molar-refractivity contribution in [3.05, 3.63) is 124 Å². The third-order valence-corrected chi connectivity index (χ3v) is 8.25. The third kappa shape index (κ3) is 6.50. The van der Waals surface area contributed by atoms with Crippen LogP contribution < -0.4 is 29.3 Å². The molecule has 0 spiro atoms. The highest BCUT2D eigenvalue weighted by Gasteiger charge is 2.33. The lowest BCUT2D eigenvalue weighted by atomic mass is 9.95. The van der Waals surface area contributed by atoms with Crippen molar-refractivity contribution in [1.82, 2.24) is 4.57 Å². The number of aromatic nitrogens is 1. The van der Waals surface area contributed by atoms with Crippen molar-refractivity contribution >= 4 is 34.8 Å². The van der Waals surface area contributed by atoms with E-state index in [4.69, 9.17) is 14.2 Å². The van der Waals surface area contributed by atoms with Gasteiger partial charge in [0.25, 0.3) is 11.2 Å². The average molecular weight is 629 g/mol. The van der Waals surface area contributed by atoms with Crippen LogP contribution in [0, 0.1) is 10.1 Å². The molecule has 232 valence electrons. The molecule has 1 atom stereocenters. The van der Waals surface area contributed by atoms with Crippen LogP contribution in [-0.2, 0) is 16.1 Å². The Bertz CT molecular complexity index is 1960. The van der Waals surface area contributed by atoms with E-state index in [1.807, 2.05) is 43.3 Å². The molecule has 1 aliphatic heterocycles. The fraction of sp³-hybridized carbons (Fsp3) is 0.242. The molecule has 0 saturated carbocycles. The number of esters is 1. The Balaban J connectivity index is 1.50. The molecule has 0 fully saturated rings. The summed E-state index contributed by atoms with van der Waals surface area (Å²) < 4.78 is 18.9. The standard InChI is InChI=1S/C33H32N4O7S/c1-6-43-32(39)29-20(2)34-33-36(30(29)23-10-14-24(15-11-23)35(3)4)31(38)28(45-33)18-22-9-16-26(27(17-22)42-5)44-19-21-7-12-25(13-8-21)37(40)41/h7-18,30H,6,19H2,1-5H3. The second-order valence-corrected chi connectivity index (χ2v) is 11.4. The lowest BCUT2D eigenvalue weighted by Gasteiger charge is -2.25. The van der Waals surface area contributed by atoms with E-state index in [0.717, 1.165) is 16.8 Å². The number of rotatable bonds is 10. The highest BCUT2D eigenvalue weighted by Crippen LogP contribution is 2.32. The van der Waals surface area contributed by atoms with Gasteiger partial charge in [0.05, 0.1) is 40.5 Å². The van der Waals surface area contributed by atoms with Gasteiger partial charge in [-0.15, -0.1) is 0 Å². The van der Waals surface area contributed by atoms with Crippen LogP contribution in [0.25, 0.3) is 6.08 Å². The van der Waals surface area contributed by atoms with Crippen molar-refractivity contribution in [3.8, 4) is 11.5 Å². The van der Waals surface area contributed by atoms with Gasteiger partial charge in [-0.1, -0.05) is 29.5 Å². The quantitative estimate of drug-likeness (QED) is 0.144. The highest BCUT2D eigenvalue weighted by molar-refractivity contribution is 7.07. The maximum atomic E-state index is 14.0. The first kappa shape index (κ1) is 31.2. The number of thiazole rings is 1. The summed E-state index contributed by atoms with van der Waals surface area (Å²) >= 11 is 1.24. The molecule has 0 N–H and O–H groups in total. The first-order valence-corrected chi connectivity index (χ1v) is 14.9. The van der Waals surface area contributed by atoms with Crippen molar-refractivity contribution in [2.75, 3.05) is 32.7 Å². The monoisotopic (exact) mass is 628 g/mol. The van der Waals surface area contributed by atoms with Gasteiger partial charge in [-0.05, 0) is 73.0 Å². The van der Waals surface area contributed by atoms with E-state index < -0.39 is 16.9 Å². The van der Waals surface area contributed by atoms with Crippen molar-refractivity contribution < 1.29 is 23.9 Å². The van der Waals surface area contributed by atoms with E-state index in [1.165, 1.54) is 30.6 Å². The molecule has 0 amide bonds. The fourth-order valence-electron chi connectivity index (χ4n) is 4.98. The van der Waals surface area contributed by atoms with Gasteiger partial charge in [0.1, 0.15) is 6.61 Å².